The van der Waals surface area contributed by atoms with Crippen molar-refractivity contribution < 1.29 is 33.4 Å². The number of fused-ring (bicyclic) bond motifs is 2. The number of thiophene rings is 1. The van der Waals surface area contributed by atoms with Crippen molar-refractivity contribution in [3.8, 4) is 0 Å². The second kappa shape index (κ2) is 11.2. The molecule has 1 aliphatic carbocycles. The van der Waals surface area contributed by atoms with E-state index in [1.54, 1.807) is 31.2 Å². The number of nitrogens with one attached hydrogen (secondary N) is 1. The summed E-state index contributed by atoms with van der Waals surface area (Å²) >= 11 is 1.34. The number of ether oxygens (including phenoxy) is 2. The zero-order valence-corrected chi connectivity index (χ0v) is 21.9. The van der Waals surface area contributed by atoms with Crippen LogP contribution in [0.5, 0.6) is 0 Å². The zero-order chi connectivity index (χ0) is 26.7. The van der Waals surface area contributed by atoms with Crippen LogP contribution in [0.25, 0.3) is 0 Å². The molecule has 2 heterocycles. The Balaban J connectivity index is 1.47. The molecule has 0 spiro atoms. The lowest BCUT2D eigenvalue weighted by Crippen LogP contribution is -2.46. The number of imide groups is 1. The van der Waals surface area contributed by atoms with E-state index in [1.165, 1.54) is 11.3 Å². The number of esters is 2. The molecule has 0 saturated heterocycles. The molecule has 1 aromatic carbocycles. The van der Waals surface area contributed by atoms with E-state index in [0.29, 0.717) is 10.6 Å². The predicted octanol–water partition coefficient (Wildman–Crippen LogP) is 4.00. The minimum atomic E-state index is -1.16. The maximum atomic E-state index is 13.1. The number of rotatable bonds is 9. The van der Waals surface area contributed by atoms with Gasteiger partial charge in [0.05, 0.1) is 23.3 Å². The summed E-state index contributed by atoms with van der Waals surface area (Å²) < 4.78 is 10.5. The predicted molar refractivity (Wildman–Crippen MR) is 137 cm³/mol. The largest absolute Gasteiger partial charge is 0.462 e. The molecular formula is C27H30N2O7S. The fourth-order valence-corrected chi connectivity index (χ4v) is 6.01. The van der Waals surface area contributed by atoms with Gasteiger partial charge in [-0.25, -0.2) is 9.59 Å². The van der Waals surface area contributed by atoms with E-state index in [9.17, 15) is 24.0 Å². The number of carbonyl (C=O) groups excluding carboxylic acids is 5. The summed E-state index contributed by atoms with van der Waals surface area (Å²) in [5, 5.41) is 3.08. The Bertz CT molecular complexity index is 1210. The lowest BCUT2D eigenvalue weighted by Gasteiger charge is -2.25. The second-order valence-electron chi connectivity index (χ2n) is 9.46. The van der Waals surface area contributed by atoms with Crippen LogP contribution in [0.15, 0.2) is 24.3 Å². The number of anilines is 1. The van der Waals surface area contributed by atoms with Crippen molar-refractivity contribution in [2.45, 2.75) is 58.9 Å². The van der Waals surface area contributed by atoms with Gasteiger partial charge in [0.1, 0.15) is 11.0 Å². The van der Waals surface area contributed by atoms with Crippen LogP contribution in [0.3, 0.4) is 0 Å². The standard InChI is InChI=1S/C27H30N2O7S/c1-4-35-27(34)22-18-11-7-8-12-20(18)37-23(22)28-21(30)14-36-26(33)19(13-15(2)3)29-24(31)16-9-5-6-10-17(16)25(29)32/h5-6,9-10,15,19H,4,7-8,11-14H2,1-3H3,(H,28,30)/t19-/m0/s1. The number of hydrogen-bond donors (Lipinski definition) is 1. The molecule has 0 bridgehead atoms. The van der Waals surface area contributed by atoms with Gasteiger partial charge in [-0.2, -0.15) is 0 Å². The Labute approximate surface area is 219 Å². The highest BCUT2D eigenvalue weighted by Crippen LogP contribution is 2.38. The Morgan fingerprint density at radius 2 is 1.68 bits per heavy atom. The lowest BCUT2D eigenvalue weighted by molar-refractivity contribution is -0.151. The lowest BCUT2D eigenvalue weighted by atomic mass is 9.95. The Morgan fingerprint density at radius 3 is 2.30 bits per heavy atom. The number of aryl methyl sites for hydroxylation is 1. The summed E-state index contributed by atoms with van der Waals surface area (Å²) in [6.45, 7) is 5.03. The Kier molecular flexibility index (Phi) is 8.06. The molecule has 3 amide bonds. The van der Waals surface area contributed by atoms with E-state index in [1.807, 2.05) is 13.8 Å². The normalized spacial score (nSPS) is 15.3. The number of benzene rings is 1. The highest BCUT2D eigenvalue weighted by Gasteiger charge is 2.43. The van der Waals surface area contributed by atoms with Gasteiger partial charge in [0.15, 0.2) is 6.61 Å². The van der Waals surface area contributed by atoms with Gasteiger partial charge in [0.25, 0.3) is 17.7 Å². The maximum Gasteiger partial charge on any atom is 0.341 e. The molecular weight excluding hydrogens is 496 g/mol. The summed E-state index contributed by atoms with van der Waals surface area (Å²) in [6, 6.07) is 5.23. The first-order valence-electron chi connectivity index (χ1n) is 12.5. The van der Waals surface area contributed by atoms with Gasteiger partial charge < -0.3 is 14.8 Å². The zero-order valence-electron chi connectivity index (χ0n) is 21.1. The average molecular weight is 527 g/mol. The van der Waals surface area contributed by atoms with Gasteiger partial charge in [-0.1, -0.05) is 26.0 Å². The molecule has 1 aromatic heterocycles. The minimum Gasteiger partial charge on any atom is -0.462 e. The molecule has 1 aliphatic heterocycles. The highest BCUT2D eigenvalue weighted by atomic mass is 32.1. The van der Waals surface area contributed by atoms with Gasteiger partial charge in [0, 0.05) is 4.88 Å². The highest BCUT2D eigenvalue weighted by molar-refractivity contribution is 7.17. The number of hydrogen-bond acceptors (Lipinski definition) is 8. The van der Waals surface area contributed by atoms with Crippen molar-refractivity contribution in [1.82, 2.24) is 4.90 Å². The van der Waals surface area contributed by atoms with Gasteiger partial charge in [0.2, 0.25) is 0 Å². The average Bonchev–Trinajstić information content (AvgIpc) is 3.35. The first-order valence-corrected chi connectivity index (χ1v) is 13.3. The van der Waals surface area contributed by atoms with Crippen LogP contribution in [0.2, 0.25) is 0 Å². The molecule has 10 heteroatoms. The summed E-state index contributed by atoms with van der Waals surface area (Å²) in [5.74, 6) is -3.10. The fourth-order valence-electron chi connectivity index (χ4n) is 4.71. The van der Waals surface area contributed by atoms with Crippen molar-refractivity contribution in [3.05, 3.63) is 51.4 Å². The summed E-state index contributed by atoms with van der Waals surface area (Å²) in [5.41, 5.74) is 1.74. The molecule has 2 aromatic rings. The van der Waals surface area contributed by atoms with E-state index < -0.39 is 42.3 Å². The van der Waals surface area contributed by atoms with Crippen molar-refractivity contribution in [2.24, 2.45) is 5.92 Å². The van der Waals surface area contributed by atoms with E-state index in [4.69, 9.17) is 9.47 Å². The third-order valence-corrected chi connectivity index (χ3v) is 7.56. The topological polar surface area (TPSA) is 119 Å². The molecule has 0 saturated carbocycles. The molecule has 4 rings (SSSR count). The van der Waals surface area contributed by atoms with Crippen molar-refractivity contribution in [3.63, 3.8) is 0 Å². The first-order chi connectivity index (χ1) is 17.7. The van der Waals surface area contributed by atoms with Crippen LogP contribution in [0.1, 0.15) is 81.5 Å². The van der Waals surface area contributed by atoms with Crippen LogP contribution >= 0.6 is 11.3 Å². The van der Waals surface area contributed by atoms with Gasteiger partial charge >= 0.3 is 11.9 Å². The minimum absolute atomic E-state index is 0.0275. The van der Waals surface area contributed by atoms with Crippen molar-refractivity contribution in [1.29, 1.82) is 0 Å². The van der Waals surface area contributed by atoms with Crippen LogP contribution in [0, 0.1) is 5.92 Å². The van der Waals surface area contributed by atoms with Crippen LogP contribution < -0.4 is 5.32 Å². The van der Waals surface area contributed by atoms with E-state index in [2.05, 4.69) is 5.32 Å². The molecule has 2 aliphatic rings. The quantitative estimate of drug-likeness (QED) is 0.387. The van der Waals surface area contributed by atoms with Crippen LogP contribution in [-0.2, 0) is 31.9 Å². The van der Waals surface area contributed by atoms with Crippen molar-refractivity contribution >= 4 is 46.0 Å². The third-order valence-electron chi connectivity index (χ3n) is 6.35. The van der Waals surface area contributed by atoms with Crippen LogP contribution in [0.4, 0.5) is 5.00 Å². The second-order valence-corrected chi connectivity index (χ2v) is 10.6. The SMILES string of the molecule is CCOC(=O)c1c(NC(=O)COC(=O)[C@H](CC(C)C)N2C(=O)c3ccccc3C2=O)sc2c1CCCC2. The molecule has 0 fully saturated rings. The first kappa shape index (κ1) is 26.5. The monoisotopic (exact) mass is 526 g/mol. The maximum absolute atomic E-state index is 13.1. The van der Waals surface area contributed by atoms with Gasteiger partial charge in [-0.05, 0) is 62.6 Å². The van der Waals surface area contributed by atoms with Gasteiger partial charge in [-0.3, -0.25) is 19.3 Å². The molecule has 1 N–H and O–H groups in total. The summed E-state index contributed by atoms with van der Waals surface area (Å²) in [4.78, 5) is 66.3. The third kappa shape index (κ3) is 5.44. The van der Waals surface area contributed by atoms with Crippen molar-refractivity contribution in [2.75, 3.05) is 18.5 Å². The van der Waals surface area contributed by atoms with E-state index in [0.717, 1.165) is 41.0 Å². The Morgan fingerprint density at radius 1 is 1.03 bits per heavy atom. The summed E-state index contributed by atoms with van der Waals surface area (Å²) in [7, 11) is 0. The van der Waals surface area contributed by atoms with Gasteiger partial charge in [-0.15, -0.1) is 11.3 Å². The number of carbonyl (C=O) groups is 5. The smallest absolute Gasteiger partial charge is 0.341 e. The Hall–Kier alpha value is -3.53. The molecule has 1 atom stereocenters. The number of nitrogens with zero attached hydrogens (tertiary/aromatic N) is 1. The molecule has 196 valence electrons. The van der Waals surface area contributed by atoms with Crippen LogP contribution in [-0.4, -0.2) is 53.8 Å². The van der Waals surface area contributed by atoms with E-state index >= 15 is 0 Å². The number of amides is 3. The molecule has 0 unspecified atom stereocenters. The summed E-state index contributed by atoms with van der Waals surface area (Å²) in [6.07, 6.45) is 3.72. The van der Waals surface area contributed by atoms with E-state index in [-0.39, 0.29) is 30.1 Å². The fraction of sp³-hybridized carbons (Fsp3) is 0.444. The molecule has 37 heavy (non-hydrogen) atoms. The molecule has 9 nitrogen and oxygen atoms in total. The molecule has 0 radical (unpaired) electrons.